The van der Waals surface area contributed by atoms with E-state index in [2.05, 4.69) is 10.6 Å². The summed E-state index contributed by atoms with van der Waals surface area (Å²) in [5.41, 5.74) is -0.701. The summed E-state index contributed by atoms with van der Waals surface area (Å²) in [4.78, 5) is 39.7. The van der Waals surface area contributed by atoms with Gasteiger partial charge in [0, 0.05) is 4.75 Å². The summed E-state index contributed by atoms with van der Waals surface area (Å²) in [6.45, 7) is 16.3. The Bertz CT molecular complexity index is 771. The zero-order chi connectivity index (χ0) is 26.4. The molecule has 0 aromatic carbocycles. The monoisotopic (exact) mass is 523 g/mol. The quantitative estimate of drug-likeness (QED) is 0.388. The molecule has 0 spiro atoms. The third kappa shape index (κ3) is 7.86. The lowest BCUT2D eigenvalue weighted by molar-refractivity contribution is -0.142. The number of ether oxygens (including phenoxy) is 1. The first-order valence-corrected chi connectivity index (χ1v) is 14.3. The fourth-order valence-corrected chi connectivity index (χ4v) is 7.38. The Balaban J connectivity index is 3.17. The number of hydrogen-bond donors (Lipinski definition) is 2. The fourth-order valence-electron chi connectivity index (χ4n) is 4.07. The SMILES string of the molecule is CCOP(=O)(CNC(=O)C1N(C(=O)CNC(=O)OC(C)(C)C)C(C)(C)SC1(CC)CC)OCC. The van der Waals surface area contributed by atoms with Gasteiger partial charge in [-0.25, -0.2) is 4.79 Å². The van der Waals surface area contributed by atoms with Crippen LogP contribution in [0.5, 0.6) is 0 Å². The first kappa shape index (κ1) is 30.7. The predicted octanol–water partition coefficient (Wildman–Crippen LogP) is 4.09. The van der Waals surface area contributed by atoms with Crippen molar-refractivity contribution in [3.05, 3.63) is 0 Å². The molecule has 0 saturated carbocycles. The molecule has 1 heterocycles. The second kappa shape index (κ2) is 12.1. The zero-order valence-electron chi connectivity index (χ0n) is 22.0. The van der Waals surface area contributed by atoms with Crippen LogP contribution in [0.1, 0.15) is 75.2 Å². The third-order valence-corrected chi connectivity index (χ3v) is 9.14. The maximum absolute atomic E-state index is 13.5. The van der Waals surface area contributed by atoms with E-state index in [0.717, 1.165) is 0 Å². The Morgan fingerprint density at radius 3 is 1.97 bits per heavy atom. The summed E-state index contributed by atoms with van der Waals surface area (Å²) in [6, 6.07) is -0.841. The molecule has 1 atom stereocenters. The van der Waals surface area contributed by atoms with Crippen LogP contribution in [0.25, 0.3) is 0 Å². The molecule has 0 aromatic rings. The minimum absolute atomic E-state index is 0.175. The third-order valence-electron chi connectivity index (χ3n) is 5.39. The molecular formula is C22H42N3O7PS. The summed E-state index contributed by atoms with van der Waals surface area (Å²) in [5, 5.41) is 5.19. The minimum atomic E-state index is -3.51. The van der Waals surface area contributed by atoms with Crippen LogP contribution in [0, 0.1) is 0 Å². The van der Waals surface area contributed by atoms with E-state index in [4.69, 9.17) is 13.8 Å². The fraction of sp³-hybridized carbons (Fsp3) is 0.864. The molecule has 1 unspecified atom stereocenters. The summed E-state index contributed by atoms with van der Waals surface area (Å²) in [6.07, 6.45) is 0.260. The number of hydrogen-bond acceptors (Lipinski definition) is 8. The van der Waals surface area contributed by atoms with Crippen LogP contribution in [0.3, 0.4) is 0 Å². The average Bonchev–Trinajstić information content (AvgIpc) is 2.97. The van der Waals surface area contributed by atoms with Gasteiger partial charge in [-0.2, -0.15) is 0 Å². The van der Waals surface area contributed by atoms with Crippen molar-refractivity contribution in [1.82, 2.24) is 15.5 Å². The Kier molecular flexibility index (Phi) is 10.9. The number of alkyl carbamates (subject to hydrolysis) is 1. The normalized spacial score (nSPS) is 19.6. The lowest BCUT2D eigenvalue weighted by atomic mass is 9.90. The molecule has 1 aliphatic heterocycles. The molecule has 1 fully saturated rings. The number of rotatable bonds is 11. The van der Waals surface area contributed by atoms with Gasteiger partial charge in [-0.3, -0.25) is 14.2 Å². The van der Waals surface area contributed by atoms with Crippen LogP contribution in [-0.2, 0) is 27.9 Å². The number of amides is 3. The summed E-state index contributed by atoms with van der Waals surface area (Å²) < 4.78 is 28.1. The van der Waals surface area contributed by atoms with Crippen LogP contribution in [0.15, 0.2) is 0 Å². The highest BCUT2D eigenvalue weighted by Crippen LogP contribution is 2.55. The molecule has 0 bridgehead atoms. The largest absolute Gasteiger partial charge is 0.444 e. The van der Waals surface area contributed by atoms with Gasteiger partial charge in [0.05, 0.1) is 18.1 Å². The molecule has 3 amide bonds. The molecule has 0 radical (unpaired) electrons. The van der Waals surface area contributed by atoms with Crippen molar-refractivity contribution >= 4 is 37.3 Å². The molecule has 1 rings (SSSR count). The smallest absolute Gasteiger partial charge is 0.408 e. The summed E-state index contributed by atoms with van der Waals surface area (Å²) >= 11 is 1.56. The van der Waals surface area contributed by atoms with Crippen LogP contribution >= 0.6 is 19.4 Å². The van der Waals surface area contributed by atoms with Gasteiger partial charge >= 0.3 is 13.7 Å². The Morgan fingerprint density at radius 2 is 1.53 bits per heavy atom. The first-order chi connectivity index (χ1) is 15.6. The van der Waals surface area contributed by atoms with E-state index in [1.165, 1.54) is 4.90 Å². The minimum Gasteiger partial charge on any atom is -0.444 e. The van der Waals surface area contributed by atoms with E-state index in [1.807, 2.05) is 27.7 Å². The second-order valence-corrected chi connectivity index (χ2v) is 13.6. The molecule has 1 saturated heterocycles. The lowest BCUT2D eigenvalue weighted by Crippen LogP contribution is -2.59. The molecule has 198 valence electrons. The van der Waals surface area contributed by atoms with E-state index < -0.39 is 46.8 Å². The van der Waals surface area contributed by atoms with Crippen LogP contribution in [-0.4, -0.2) is 70.1 Å². The molecule has 2 N–H and O–H groups in total. The highest BCUT2D eigenvalue weighted by Gasteiger charge is 2.59. The topological polar surface area (TPSA) is 123 Å². The lowest BCUT2D eigenvalue weighted by Gasteiger charge is -2.36. The summed E-state index contributed by atoms with van der Waals surface area (Å²) in [7, 11) is -3.51. The number of nitrogens with zero attached hydrogens (tertiary/aromatic N) is 1. The molecule has 1 aliphatic rings. The second-order valence-electron chi connectivity index (χ2n) is 9.49. The Labute approximate surface area is 208 Å². The van der Waals surface area contributed by atoms with Crippen molar-refractivity contribution < 1.29 is 32.7 Å². The van der Waals surface area contributed by atoms with Crippen molar-refractivity contribution in [3.8, 4) is 0 Å². The molecular weight excluding hydrogens is 481 g/mol. The van der Waals surface area contributed by atoms with E-state index in [9.17, 15) is 18.9 Å². The van der Waals surface area contributed by atoms with Gasteiger partial charge in [0.25, 0.3) is 0 Å². The van der Waals surface area contributed by atoms with Gasteiger partial charge in [0.1, 0.15) is 24.5 Å². The van der Waals surface area contributed by atoms with Crippen molar-refractivity contribution in [2.75, 3.05) is 26.0 Å². The average molecular weight is 524 g/mol. The van der Waals surface area contributed by atoms with E-state index >= 15 is 0 Å². The number of carbonyl (C=O) groups excluding carboxylic acids is 3. The zero-order valence-corrected chi connectivity index (χ0v) is 23.7. The highest BCUT2D eigenvalue weighted by molar-refractivity contribution is 8.02. The molecule has 0 aliphatic carbocycles. The van der Waals surface area contributed by atoms with Crippen LogP contribution < -0.4 is 10.6 Å². The van der Waals surface area contributed by atoms with Crippen molar-refractivity contribution in [3.63, 3.8) is 0 Å². The van der Waals surface area contributed by atoms with Crippen LogP contribution in [0.2, 0.25) is 0 Å². The molecule has 10 nitrogen and oxygen atoms in total. The number of nitrogens with one attached hydrogen (secondary N) is 2. The van der Waals surface area contributed by atoms with Gasteiger partial charge in [-0.15, -0.1) is 11.8 Å². The Morgan fingerprint density at radius 1 is 1.00 bits per heavy atom. The van der Waals surface area contributed by atoms with E-state index in [-0.39, 0.29) is 26.0 Å². The standard InChI is InChI=1S/C22H42N3O7PS/c1-10-22(11-2)17(18(27)24-15-33(29,30-12-3)31-13-4)25(21(8,9)34-22)16(26)14-23-19(28)32-20(5,6)7/h17H,10-15H2,1-9H3,(H,23,28)(H,24,27). The van der Waals surface area contributed by atoms with Gasteiger partial charge in [0.2, 0.25) is 11.8 Å². The van der Waals surface area contributed by atoms with E-state index in [1.54, 1.807) is 46.4 Å². The van der Waals surface area contributed by atoms with Gasteiger partial charge in [-0.1, -0.05) is 13.8 Å². The maximum Gasteiger partial charge on any atom is 0.408 e. The molecule has 0 aromatic heterocycles. The van der Waals surface area contributed by atoms with Gasteiger partial charge in [-0.05, 0) is 61.3 Å². The van der Waals surface area contributed by atoms with Crippen LogP contribution in [0.4, 0.5) is 4.79 Å². The molecule has 12 heteroatoms. The Hall–Kier alpha value is -1.29. The highest BCUT2D eigenvalue weighted by atomic mass is 32.2. The first-order valence-electron chi connectivity index (χ1n) is 11.7. The predicted molar refractivity (Wildman–Crippen MR) is 134 cm³/mol. The molecule has 34 heavy (non-hydrogen) atoms. The number of carbonyl (C=O) groups is 3. The summed E-state index contributed by atoms with van der Waals surface area (Å²) in [5.74, 6) is -0.850. The van der Waals surface area contributed by atoms with Crippen molar-refractivity contribution in [2.24, 2.45) is 0 Å². The van der Waals surface area contributed by atoms with Gasteiger partial charge < -0.3 is 29.3 Å². The van der Waals surface area contributed by atoms with Gasteiger partial charge in [0.15, 0.2) is 0 Å². The van der Waals surface area contributed by atoms with Crippen molar-refractivity contribution in [1.29, 1.82) is 0 Å². The van der Waals surface area contributed by atoms with E-state index in [0.29, 0.717) is 12.8 Å². The van der Waals surface area contributed by atoms with Crippen molar-refractivity contribution in [2.45, 2.75) is 96.4 Å². The maximum atomic E-state index is 13.5. The number of thioether (sulfide) groups is 1.